The van der Waals surface area contributed by atoms with E-state index in [1.54, 1.807) is 81.4 Å². The first-order valence-corrected chi connectivity index (χ1v) is 15.2. The maximum Gasteiger partial charge on any atom is 0.534 e. The Morgan fingerprint density at radius 2 is 1.58 bits per heavy atom. The molecular formula is C28H27F3N2O8S2. The summed E-state index contributed by atoms with van der Waals surface area (Å²) in [6.45, 7) is 4.93. The molecule has 2 heterocycles. The third kappa shape index (κ3) is 7.33. The SMILES string of the molecule is CC(C)(C)OC(=O)N[C@H]1C(=O)N2C(C(=O)OC(c3ccccc3)c3ccccc3)=C(C=COS(=O)(=O)C(F)(F)F)CS[C@H]12. The summed E-state index contributed by atoms with van der Waals surface area (Å²) >= 11 is 1.08. The summed E-state index contributed by atoms with van der Waals surface area (Å²) in [4.78, 5) is 40.4. The standard InChI is InChI=1S/C28H27F3N2O8S2/c1-27(2,3)41-26(36)32-20-23(34)33-21(19(16-42-24(20)33)14-15-39-43(37,38)28(29,30)31)25(35)40-22(17-10-6-4-7-11-17)18-12-8-5-9-13-18/h4-15,20,22,24H,16H2,1-3H3,(H,32,36)/t20-,24+/m0/s1. The number of rotatable bonds is 8. The van der Waals surface area contributed by atoms with Gasteiger partial charge in [0.1, 0.15) is 29.0 Å². The van der Waals surface area contributed by atoms with E-state index >= 15 is 0 Å². The lowest BCUT2D eigenvalue weighted by molar-refractivity contribution is -0.153. The normalized spacial score (nSPS) is 19.1. The van der Waals surface area contributed by atoms with Crippen LogP contribution >= 0.6 is 11.8 Å². The van der Waals surface area contributed by atoms with Crippen molar-refractivity contribution in [2.75, 3.05) is 5.75 Å². The number of hydrogen-bond donors (Lipinski definition) is 1. The molecule has 0 bridgehead atoms. The van der Waals surface area contributed by atoms with Crippen molar-refractivity contribution in [2.24, 2.45) is 0 Å². The first-order chi connectivity index (χ1) is 20.1. The fourth-order valence-corrected chi connectivity index (χ4v) is 5.81. The molecule has 43 heavy (non-hydrogen) atoms. The maximum absolute atomic E-state index is 13.8. The molecule has 2 atom stereocenters. The van der Waals surface area contributed by atoms with Crippen molar-refractivity contribution in [1.29, 1.82) is 0 Å². The molecule has 1 fully saturated rings. The minimum Gasteiger partial charge on any atom is -0.448 e. The zero-order chi connectivity index (χ0) is 31.6. The molecule has 0 radical (unpaired) electrons. The first-order valence-electron chi connectivity index (χ1n) is 12.7. The van der Waals surface area contributed by atoms with Crippen molar-refractivity contribution in [2.45, 2.75) is 49.4 Å². The van der Waals surface area contributed by atoms with Gasteiger partial charge in [-0.3, -0.25) is 9.69 Å². The number of nitrogens with one attached hydrogen (secondary N) is 1. The summed E-state index contributed by atoms with van der Waals surface area (Å²) in [6.07, 6.45) is -0.664. The topological polar surface area (TPSA) is 128 Å². The molecule has 230 valence electrons. The number of alkyl carbamates (subject to hydrolysis) is 1. The molecule has 15 heteroatoms. The molecule has 2 aromatic carbocycles. The van der Waals surface area contributed by atoms with Gasteiger partial charge in [0.15, 0.2) is 6.10 Å². The van der Waals surface area contributed by atoms with Crippen molar-refractivity contribution < 1.29 is 49.6 Å². The van der Waals surface area contributed by atoms with E-state index in [9.17, 15) is 36.0 Å². The predicted octanol–water partition coefficient (Wildman–Crippen LogP) is 4.76. The van der Waals surface area contributed by atoms with E-state index in [2.05, 4.69) is 9.50 Å². The molecule has 2 aliphatic heterocycles. The average Bonchev–Trinajstić information content (AvgIpc) is 2.93. The molecule has 4 rings (SSSR count). The van der Waals surface area contributed by atoms with Crippen molar-refractivity contribution in [3.05, 3.63) is 95.4 Å². The number of amides is 2. The van der Waals surface area contributed by atoms with Crippen LogP contribution in [0.3, 0.4) is 0 Å². The molecule has 2 amide bonds. The van der Waals surface area contributed by atoms with Gasteiger partial charge in [0, 0.05) is 5.75 Å². The zero-order valence-electron chi connectivity index (χ0n) is 23.0. The van der Waals surface area contributed by atoms with E-state index in [1.807, 2.05) is 0 Å². The highest BCUT2D eigenvalue weighted by Crippen LogP contribution is 2.42. The molecule has 10 nitrogen and oxygen atoms in total. The van der Waals surface area contributed by atoms with E-state index in [0.717, 1.165) is 22.7 Å². The molecule has 0 aromatic heterocycles. The second kappa shape index (κ2) is 12.3. The first kappa shape index (κ1) is 31.9. The molecule has 1 N–H and O–H groups in total. The van der Waals surface area contributed by atoms with Gasteiger partial charge >= 0.3 is 27.7 Å². The molecule has 0 saturated carbocycles. The van der Waals surface area contributed by atoms with Crippen LogP contribution in [0.1, 0.15) is 38.0 Å². The van der Waals surface area contributed by atoms with Crippen LogP contribution in [0.2, 0.25) is 0 Å². The molecule has 0 aliphatic carbocycles. The number of allylic oxidation sites excluding steroid dienone is 1. The van der Waals surface area contributed by atoms with Crippen molar-refractivity contribution >= 4 is 39.8 Å². The summed E-state index contributed by atoms with van der Waals surface area (Å²) in [5, 5.41) is 1.69. The Morgan fingerprint density at radius 1 is 1.02 bits per heavy atom. The van der Waals surface area contributed by atoms with Crippen LogP contribution in [0, 0.1) is 0 Å². The summed E-state index contributed by atoms with van der Waals surface area (Å²) in [5.41, 5.74) is -5.69. The summed E-state index contributed by atoms with van der Waals surface area (Å²) in [6, 6.07) is 16.3. The van der Waals surface area contributed by atoms with E-state index < -0.39 is 56.7 Å². The van der Waals surface area contributed by atoms with Gasteiger partial charge in [0.05, 0.1) is 0 Å². The van der Waals surface area contributed by atoms with Crippen molar-refractivity contribution in [3.8, 4) is 0 Å². The lowest BCUT2D eigenvalue weighted by Gasteiger charge is -2.49. The summed E-state index contributed by atoms with van der Waals surface area (Å²) in [7, 11) is -5.96. The Labute approximate surface area is 250 Å². The van der Waals surface area contributed by atoms with Crippen molar-refractivity contribution in [3.63, 3.8) is 0 Å². The van der Waals surface area contributed by atoms with Gasteiger partial charge in [0.2, 0.25) is 0 Å². The number of β-lactam (4-membered cyclic amide) rings is 1. The highest BCUT2D eigenvalue weighted by Gasteiger charge is 2.55. The van der Waals surface area contributed by atoms with Crippen LogP contribution in [0.15, 0.2) is 84.3 Å². The fourth-order valence-electron chi connectivity index (χ4n) is 4.18. The Morgan fingerprint density at radius 3 is 2.09 bits per heavy atom. The van der Waals surface area contributed by atoms with Crippen LogP contribution in [0.4, 0.5) is 18.0 Å². The number of benzene rings is 2. The quantitative estimate of drug-likeness (QED) is 0.143. The molecule has 1 saturated heterocycles. The van der Waals surface area contributed by atoms with E-state index in [-0.39, 0.29) is 23.3 Å². The smallest absolute Gasteiger partial charge is 0.448 e. The number of ether oxygens (including phenoxy) is 2. The minimum atomic E-state index is -5.96. The number of alkyl halides is 3. The van der Waals surface area contributed by atoms with E-state index in [0.29, 0.717) is 11.1 Å². The Balaban J connectivity index is 1.68. The number of carbonyl (C=O) groups excluding carboxylic acids is 3. The van der Waals surface area contributed by atoms with Crippen molar-refractivity contribution in [1.82, 2.24) is 10.2 Å². The molecule has 0 spiro atoms. The van der Waals surface area contributed by atoms with Gasteiger partial charge in [-0.2, -0.15) is 21.6 Å². The predicted molar refractivity (Wildman–Crippen MR) is 149 cm³/mol. The maximum atomic E-state index is 13.8. The molecule has 2 aromatic rings. The molecule has 0 unspecified atom stereocenters. The Bertz CT molecular complexity index is 1500. The van der Waals surface area contributed by atoms with Crippen LogP contribution in [0.25, 0.3) is 0 Å². The number of halogens is 3. The number of hydrogen-bond acceptors (Lipinski definition) is 9. The number of carbonyl (C=O) groups is 3. The Kier molecular flexibility index (Phi) is 9.16. The monoisotopic (exact) mass is 640 g/mol. The highest BCUT2D eigenvalue weighted by molar-refractivity contribution is 8.00. The van der Waals surface area contributed by atoms with Gasteiger partial charge in [-0.05, 0) is 43.5 Å². The molecule has 2 aliphatic rings. The second-order valence-corrected chi connectivity index (χ2v) is 13.0. The zero-order valence-corrected chi connectivity index (χ0v) is 24.7. The second-order valence-electron chi connectivity index (χ2n) is 10.3. The van der Waals surface area contributed by atoms with E-state index in [4.69, 9.17) is 9.47 Å². The third-order valence-corrected chi connectivity index (χ3v) is 8.26. The lowest BCUT2D eigenvalue weighted by Crippen LogP contribution is -2.70. The number of esters is 1. The number of nitrogens with zero attached hydrogens (tertiary/aromatic N) is 1. The largest absolute Gasteiger partial charge is 0.534 e. The summed E-state index contributed by atoms with van der Waals surface area (Å²) < 4.78 is 76.1. The average molecular weight is 641 g/mol. The van der Waals surface area contributed by atoms with Gasteiger partial charge in [-0.1, -0.05) is 60.7 Å². The van der Waals surface area contributed by atoms with E-state index in [1.165, 1.54) is 0 Å². The Hall–Kier alpha value is -3.98. The third-order valence-electron chi connectivity index (χ3n) is 6.03. The number of thioether (sulfide) groups is 1. The highest BCUT2D eigenvalue weighted by atomic mass is 32.2. The van der Waals surface area contributed by atoms with Crippen LogP contribution < -0.4 is 5.32 Å². The molecular weight excluding hydrogens is 613 g/mol. The van der Waals surface area contributed by atoms with Gasteiger partial charge in [0.25, 0.3) is 5.91 Å². The lowest BCUT2D eigenvalue weighted by atomic mass is 10.0. The summed E-state index contributed by atoms with van der Waals surface area (Å²) in [5.74, 6) is -1.79. The minimum absolute atomic E-state index is 0.0347. The van der Waals surface area contributed by atoms with Crippen LogP contribution in [0.5, 0.6) is 0 Å². The van der Waals surface area contributed by atoms with Gasteiger partial charge in [-0.25, -0.2) is 9.59 Å². The fraction of sp³-hybridized carbons (Fsp3) is 0.321. The number of fused-ring (bicyclic) bond motifs is 1. The van der Waals surface area contributed by atoms with Gasteiger partial charge < -0.3 is 19.0 Å². The van der Waals surface area contributed by atoms with Crippen LogP contribution in [-0.4, -0.2) is 59.6 Å². The van der Waals surface area contributed by atoms with Gasteiger partial charge in [-0.15, -0.1) is 11.8 Å². The van der Waals surface area contributed by atoms with Crippen LogP contribution in [-0.2, 0) is 33.4 Å².